The molecule has 1 saturated carbocycles. The molecule has 1 aromatic rings. The molecule has 1 aliphatic rings. The number of carboxylic acid groups (broad SMARTS) is 1. The zero-order valence-electron chi connectivity index (χ0n) is 12.4. The fourth-order valence-electron chi connectivity index (χ4n) is 2.82. The van der Waals surface area contributed by atoms with Crippen LogP contribution in [0.3, 0.4) is 0 Å². The Morgan fingerprint density at radius 1 is 1.41 bits per heavy atom. The summed E-state index contributed by atoms with van der Waals surface area (Å²) in [6.07, 6.45) is 2.00. The van der Waals surface area contributed by atoms with Crippen molar-refractivity contribution in [3.8, 4) is 0 Å². The first-order chi connectivity index (χ1) is 10.3. The highest BCUT2D eigenvalue weighted by Crippen LogP contribution is 2.32. The van der Waals surface area contributed by atoms with Crippen LogP contribution in [0.5, 0.6) is 0 Å². The van der Waals surface area contributed by atoms with Gasteiger partial charge in [-0.15, -0.1) is 0 Å². The maximum Gasteiger partial charge on any atom is 0.329 e. The van der Waals surface area contributed by atoms with Gasteiger partial charge in [-0.25, -0.2) is 9.18 Å². The molecular weight excluding hydrogens is 309 g/mol. The molecule has 0 heterocycles. The third-order valence-corrected chi connectivity index (χ3v) is 4.67. The lowest BCUT2D eigenvalue weighted by Crippen LogP contribution is -2.56. The summed E-state index contributed by atoms with van der Waals surface area (Å²) < 4.78 is 13.7. The first-order valence-corrected chi connectivity index (χ1v) is 7.69. The van der Waals surface area contributed by atoms with Gasteiger partial charge in [0.15, 0.2) is 0 Å². The molecule has 1 aromatic carbocycles. The van der Waals surface area contributed by atoms with Gasteiger partial charge in [0.25, 0.3) is 0 Å². The molecule has 0 aliphatic heterocycles. The van der Waals surface area contributed by atoms with Crippen molar-refractivity contribution in [2.75, 3.05) is 0 Å². The third-order valence-electron chi connectivity index (χ3n) is 4.31. The molecule has 0 spiro atoms. The van der Waals surface area contributed by atoms with E-state index in [-0.39, 0.29) is 17.0 Å². The van der Waals surface area contributed by atoms with Crippen LogP contribution >= 0.6 is 11.6 Å². The van der Waals surface area contributed by atoms with Gasteiger partial charge in [-0.1, -0.05) is 24.6 Å². The van der Waals surface area contributed by atoms with Gasteiger partial charge in [-0.3, -0.25) is 4.79 Å². The largest absolute Gasteiger partial charge is 0.480 e. The second kappa shape index (κ2) is 6.65. The van der Waals surface area contributed by atoms with Crippen LogP contribution in [0.1, 0.15) is 38.2 Å². The molecule has 1 fully saturated rings. The molecule has 2 N–H and O–H groups in total. The first kappa shape index (κ1) is 16.7. The van der Waals surface area contributed by atoms with E-state index in [0.717, 1.165) is 12.8 Å². The minimum absolute atomic E-state index is 0.0892. The second-order valence-corrected chi connectivity index (χ2v) is 6.40. The van der Waals surface area contributed by atoms with Crippen LogP contribution < -0.4 is 5.32 Å². The maximum atomic E-state index is 13.7. The van der Waals surface area contributed by atoms with Crippen molar-refractivity contribution in [1.29, 1.82) is 0 Å². The first-order valence-electron chi connectivity index (χ1n) is 7.31. The van der Waals surface area contributed by atoms with E-state index in [0.29, 0.717) is 18.8 Å². The smallest absolute Gasteiger partial charge is 0.329 e. The third kappa shape index (κ3) is 3.58. The number of carbonyl (C=O) groups is 2. The lowest BCUT2D eigenvalue weighted by molar-refractivity contribution is -0.149. The van der Waals surface area contributed by atoms with E-state index < -0.39 is 23.2 Å². The molecule has 22 heavy (non-hydrogen) atoms. The predicted molar refractivity (Wildman–Crippen MR) is 81.3 cm³/mol. The average Bonchev–Trinajstić information content (AvgIpc) is 2.45. The molecule has 6 heteroatoms. The zero-order valence-corrected chi connectivity index (χ0v) is 13.1. The van der Waals surface area contributed by atoms with Gasteiger partial charge in [0.2, 0.25) is 5.91 Å². The molecule has 2 rings (SSSR count). The Morgan fingerprint density at radius 2 is 2.05 bits per heavy atom. The van der Waals surface area contributed by atoms with Crippen molar-refractivity contribution < 1.29 is 19.1 Å². The van der Waals surface area contributed by atoms with Gasteiger partial charge in [0, 0.05) is 10.6 Å². The van der Waals surface area contributed by atoms with Crippen LogP contribution in [-0.4, -0.2) is 22.5 Å². The summed E-state index contributed by atoms with van der Waals surface area (Å²) in [5.41, 5.74) is -1.16. The van der Waals surface area contributed by atoms with E-state index >= 15 is 0 Å². The Morgan fingerprint density at radius 3 is 2.59 bits per heavy atom. The van der Waals surface area contributed by atoms with Gasteiger partial charge in [0.1, 0.15) is 11.4 Å². The number of carboxylic acids is 1. The molecule has 0 atom stereocenters. The van der Waals surface area contributed by atoms with Crippen LogP contribution in [0.2, 0.25) is 5.02 Å². The summed E-state index contributed by atoms with van der Waals surface area (Å²) in [7, 11) is 0. The lowest BCUT2D eigenvalue weighted by Gasteiger charge is -2.36. The number of aliphatic carboxylic acids is 1. The highest BCUT2D eigenvalue weighted by molar-refractivity contribution is 6.31. The quantitative estimate of drug-likeness (QED) is 0.892. The zero-order chi connectivity index (χ0) is 16.3. The van der Waals surface area contributed by atoms with Gasteiger partial charge in [-0.05, 0) is 43.7 Å². The molecule has 0 radical (unpaired) electrons. The highest BCUT2D eigenvalue weighted by atomic mass is 35.5. The van der Waals surface area contributed by atoms with Crippen molar-refractivity contribution in [2.24, 2.45) is 5.92 Å². The standard InChI is InChI=1S/C16H19ClFNO3/c1-10-5-7-16(8-6-10,15(21)22)19-14(20)9-11-12(17)3-2-4-13(11)18/h2-4,10H,5-9H2,1H3,(H,19,20)(H,21,22). The number of halogens is 2. The van der Waals surface area contributed by atoms with Crippen molar-refractivity contribution >= 4 is 23.5 Å². The van der Waals surface area contributed by atoms with E-state index in [1.54, 1.807) is 0 Å². The fraction of sp³-hybridized carbons (Fsp3) is 0.500. The fourth-order valence-corrected chi connectivity index (χ4v) is 3.05. The maximum absolute atomic E-state index is 13.7. The molecule has 0 aromatic heterocycles. The summed E-state index contributed by atoms with van der Waals surface area (Å²) in [6, 6.07) is 4.19. The SMILES string of the molecule is CC1CCC(NC(=O)Cc2c(F)cccc2Cl)(C(=O)O)CC1. The molecular formula is C16H19ClFNO3. The van der Waals surface area contributed by atoms with E-state index in [4.69, 9.17) is 11.6 Å². The van der Waals surface area contributed by atoms with Crippen molar-refractivity contribution in [3.05, 3.63) is 34.6 Å². The van der Waals surface area contributed by atoms with Gasteiger partial charge in [0.05, 0.1) is 6.42 Å². The van der Waals surface area contributed by atoms with Crippen LogP contribution in [-0.2, 0) is 16.0 Å². The second-order valence-electron chi connectivity index (χ2n) is 5.99. The molecule has 4 nitrogen and oxygen atoms in total. The Balaban J connectivity index is 2.11. The topological polar surface area (TPSA) is 66.4 Å². The predicted octanol–water partition coefficient (Wildman–Crippen LogP) is 3.17. The van der Waals surface area contributed by atoms with Gasteiger partial charge in [-0.2, -0.15) is 0 Å². The van der Waals surface area contributed by atoms with Crippen molar-refractivity contribution in [3.63, 3.8) is 0 Å². The number of hydrogen-bond acceptors (Lipinski definition) is 2. The molecule has 1 aliphatic carbocycles. The Hall–Kier alpha value is -1.62. The summed E-state index contributed by atoms with van der Waals surface area (Å²) in [5.74, 6) is -1.67. The monoisotopic (exact) mass is 327 g/mol. The average molecular weight is 328 g/mol. The van der Waals surface area contributed by atoms with Crippen LogP contribution in [0.15, 0.2) is 18.2 Å². The summed E-state index contributed by atoms with van der Waals surface area (Å²) in [4.78, 5) is 23.8. The summed E-state index contributed by atoms with van der Waals surface area (Å²) in [6.45, 7) is 2.06. The van der Waals surface area contributed by atoms with Crippen molar-refractivity contribution in [2.45, 2.75) is 44.6 Å². The molecule has 0 unspecified atom stereocenters. The number of carbonyl (C=O) groups excluding carboxylic acids is 1. The Bertz CT molecular complexity index is 563. The normalized spacial score (nSPS) is 24.8. The molecule has 0 saturated heterocycles. The number of rotatable bonds is 4. The van der Waals surface area contributed by atoms with Crippen LogP contribution in [0, 0.1) is 11.7 Å². The van der Waals surface area contributed by atoms with E-state index in [1.807, 2.05) is 0 Å². The highest BCUT2D eigenvalue weighted by Gasteiger charge is 2.42. The summed E-state index contributed by atoms with van der Waals surface area (Å²) in [5, 5.41) is 12.2. The molecule has 1 amide bonds. The van der Waals surface area contributed by atoms with E-state index in [9.17, 15) is 19.1 Å². The van der Waals surface area contributed by atoms with Gasteiger partial charge >= 0.3 is 5.97 Å². The Labute approximate surface area is 133 Å². The minimum atomic E-state index is -1.25. The van der Waals surface area contributed by atoms with Crippen molar-refractivity contribution in [1.82, 2.24) is 5.32 Å². The van der Waals surface area contributed by atoms with E-state index in [1.165, 1.54) is 18.2 Å². The molecule has 0 bridgehead atoms. The number of benzene rings is 1. The van der Waals surface area contributed by atoms with Crippen LogP contribution in [0.4, 0.5) is 4.39 Å². The number of amides is 1. The van der Waals surface area contributed by atoms with E-state index in [2.05, 4.69) is 12.2 Å². The van der Waals surface area contributed by atoms with Crippen LogP contribution in [0.25, 0.3) is 0 Å². The number of nitrogens with one attached hydrogen (secondary N) is 1. The minimum Gasteiger partial charge on any atom is -0.480 e. The lowest BCUT2D eigenvalue weighted by atomic mass is 9.77. The number of hydrogen-bond donors (Lipinski definition) is 2. The Kier molecular flexibility index (Phi) is 5.06. The van der Waals surface area contributed by atoms with Gasteiger partial charge < -0.3 is 10.4 Å². The molecule has 120 valence electrons. The summed E-state index contributed by atoms with van der Waals surface area (Å²) >= 11 is 5.90.